The van der Waals surface area contributed by atoms with Crippen molar-refractivity contribution in [2.45, 2.75) is 36.1 Å². The minimum absolute atomic E-state index is 0.111. The number of fused-ring (bicyclic) bond motifs is 1. The van der Waals surface area contributed by atoms with E-state index in [1.165, 1.54) is 16.0 Å². The van der Waals surface area contributed by atoms with Gasteiger partial charge in [0.05, 0.1) is 5.38 Å². The molecule has 1 aliphatic rings. The third kappa shape index (κ3) is 2.93. The van der Waals surface area contributed by atoms with Crippen LogP contribution in [0.4, 0.5) is 0 Å². The summed E-state index contributed by atoms with van der Waals surface area (Å²) in [5.41, 5.74) is 3.45. The molecule has 1 aliphatic heterocycles. The van der Waals surface area contributed by atoms with E-state index in [1.807, 2.05) is 6.07 Å². The van der Waals surface area contributed by atoms with Gasteiger partial charge in [-0.2, -0.15) is 0 Å². The van der Waals surface area contributed by atoms with Crippen molar-refractivity contribution in [1.29, 1.82) is 0 Å². The quantitative estimate of drug-likeness (QED) is 0.549. The molecule has 3 heteroatoms. The fourth-order valence-corrected chi connectivity index (χ4v) is 3.87. The van der Waals surface area contributed by atoms with Gasteiger partial charge in [0, 0.05) is 11.3 Å². The van der Waals surface area contributed by atoms with Crippen molar-refractivity contribution >= 4 is 23.4 Å². The van der Waals surface area contributed by atoms with Gasteiger partial charge < -0.3 is 4.74 Å². The summed E-state index contributed by atoms with van der Waals surface area (Å²) in [5, 5.41) is -0.123. The molecule has 21 heavy (non-hydrogen) atoms. The Morgan fingerprint density at radius 2 is 1.95 bits per heavy atom. The zero-order chi connectivity index (χ0) is 15.0. The average Bonchev–Trinajstić information content (AvgIpc) is 2.79. The van der Waals surface area contributed by atoms with E-state index in [0.29, 0.717) is 0 Å². The fourth-order valence-electron chi connectivity index (χ4n) is 2.84. The summed E-state index contributed by atoms with van der Waals surface area (Å²) in [5.74, 6) is 0.991. The van der Waals surface area contributed by atoms with E-state index in [0.717, 1.165) is 17.7 Å². The number of hydrogen-bond acceptors (Lipinski definition) is 2. The first kappa shape index (κ1) is 14.8. The lowest BCUT2D eigenvalue weighted by Gasteiger charge is -2.16. The molecule has 0 aromatic heterocycles. The number of benzene rings is 2. The maximum atomic E-state index is 6.73. The zero-order valence-corrected chi connectivity index (χ0v) is 14.1. The molecule has 2 aromatic carbocycles. The summed E-state index contributed by atoms with van der Waals surface area (Å²) in [6.45, 7) is 4.24. The Kier molecular flexibility index (Phi) is 3.94. The highest BCUT2D eigenvalue weighted by Crippen LogP contribution is 2.40. The molecule has 0 saturated carbocycles. The Morgan fingerprint density at radius 1 is 1.19 bits per heavy atom. The Bertz CT molecular complexity index is 666. The van der Waals surface area contributed by atoms with Crippen molar-refractivity contribution in [2.24, 2.45) is 0 Å². The van der Waals surface area contributed by atoms with Crippen molar-refractivity contribution < 1.29 is 4.74 Å². The highest BCUT2D eigenvalue weighted by Gasteiger charge is 2.30. The summed E-state index contributed by atoms with van der Waals surface area (Å²) < 4.78 is 5.93. The van der Waals surface area contributed by atoms with Crippen LogP contribution in [0.2, 0.25) is 0 Å². The predicted octanol–water partition coefficient (Wildman–Crippen LogP) is 5.45. The van der Waals surface area contributed by atoms with Gasteiger partial charge in [0.15, 0.2) is 0 Å². The topological polar surface area (TPSA) is 9.23 Å². The van der Waals surface area contributed by atoms with Crippen LogP contribution in [-0.4, -0.2) is 11.9 Å². The van der Waals surface area contributed by atoms with Crippen molar-refractivity contribution in [3.8, 4) is 5.75 Å². The van der Waals surface area contributed by atoms with Crippen LogP contribution in [-0.2, 0) is 6.42 Å². The van der Waals surface area contributed by atoms with Crippen LogP contribution in [0.1, 0.15) is 35.9 Å². The van der Waals surface area contributed by atoms with Gasteiger partial charge in [-0.3, -0.25) is 0 Å². The Balaban J connectivity index is 1.95. The maximum Gasteiger partial charge on any atom is 0.123 e. The Hall–Kier alpha value is -1.12. The lowest BCUT2D eigenvalue weighted by molar-refractivity contribution is 0.138. The first-order valence-electron chi connectivity index (χ1n) is 7.09. The van der Waals surface area contributed by atoms with Crippen LogP contribution < -0.4 is 4.74 Å². The fraction of sp³-hybridized carbons (Fsp3) is 0.333. The van der Waals surface area contributed by atoms with Crippen LogP contribution in [0.25, 0.3) is 0 Å². The van der Waals surface area contributed by atoms with Crippen LogP contribution in [0.5, 0.6) is 5.75 Å². The second-order valence-corrected chi connectivity index (χ2v) is 7.29. The van der Waals surface area contributed by atoms with E-state index in [4.69, 9.17) is 16.3 Å². The van der Waals surface area contributed by atoms with Gasteiger partial charge >= 0.3 is 0 Å². The number of alkyl halides is 1. The van der Waals surface area contributed by atoms with Crippen LogP contribution in [0, 0.1) is 0 Å². The molecule has 110 valence electrons. The molecule has 0 amide bonds. The maximum absolute atomic E-state index is 6.73. The Labute approximate surface area is 135 Å². The van der Waals surface area contributed by atoms with Crippen molar-refractivity contribution in [3.05, 3.63) is 59.2 Å². The zero-order valence-electron chi connectivity index (χ0n) is 12.5. The molecule has 0 radical (unpaired) electrons. The van der Waals surface area contributed by atoms with Gasteiger partial charge in [0.2, 0.25) is 0 Å². The molecule has 0 fully saturated rings. The van der Waals surface area contributed by atoms with Crippen molar-refractivity contribution in [1.82, 2.24) is 0 Å². The molecule has 0 aliphatic carbocycles. The predicted molar refractivity (Wildman–Crippen MR) is 90.8 cm³/mol. The number of hydrogen-bond donors (Lipinski definition) is 0. The molecule has 1 heterocycles. The normalized spacial score (nSPS) is 17.1. The number of halogens is 1. The van der Waals surface area contributed by atoms with Crippen molar-refractivity contribution in [3.63, 3.8) is 0 Å². The van der Waals surface area contributed by atoms with Gasteiger partial charge in [0.1, 0.15) is 11.4 Å². The van der Waals surface area contributed by atoms with Gasteiger partial charge in [-0.1, -0.05) is 30.3 Å². The van der Waals surface area contributed by atoms with E-state index < -0.39 is 0 Å². The minimum Gasteiger partial charge on any atom is -0.487 e. The molecule has 1 nitrogen and oxygen atoms in total. The standard InChI is InChI=1S/C18H19ClOS/c1-18(2)11-13-10-12(8-9-15(13)20-18)17(19)14-6-4-5-7-16(14)21-3/h4-10,17H,11H2,1-3H3. The third-order valence-corrected chi connectivity index (χ3v) is 5.09. The second-order valence-electron chi connectivity index (χ2n) is 6.01. The molecule has 0 spiro atoms. The van der Waals surface area contributed by atoms with Crippen LogP contribution in [0.3, 0.4) is 0 Å². The smallest absolute Gasteiger partial charge is 0.123 e. The minimum atomic E-state index is -0.123. The van der Waals surface area contributed by atoms with Crippen LogP contribution >= 0.6 is 23.4 Å². The number of thioether (sulfide) groups is 1. The van der Waals surface area contributed by atoms with E-state index in [2.05, 4.69) is 56.5 Å². The molecular formula is C18H19ClOS. The molecular weight excluding hydrogens is 300 g/mol. The van der Waals surface area contributed by atoms with E-state index in [1.54, 1.807) is 11.8 Å². The first-order valence-corrected chi connectivity index (χ1v) is 8.75. The number of ether oxygens (including phenoxy) is 1. The molecule has 0 N–H and O–H groups in total. The molecule has 1 atom stereocenters. The highest BCUT2D eigenvalue weighted by molar-refractivity contribution is 7.98. The van der Waals surface area contributed by atoms with E-state index in [9.17, 15) is 0 Å². The molecule has 2 aromatic rings. The van der Waals surface area contributed by atoms with Gasteiger partial charge in [-0.25, -0.2) is 0 Å². The SMILES string of the molecule is CSc1ccccc1C(Cl)c1ccc2c(c1)CC(C)(C)O2. The molecule has 3 rings (SSSR count). The monoisotopic (exact) mass is 318 g/mol. The first-order chi connectivity index (χ1) is 10.00. The van der Waals surface area contributed by atoms with Crippen molar-refractivity contribution in [2.75, 3.05) is 6.26 Å². The lowest BCUT2D eigenvalue weighted by Crippen LogP contribution is -2.24. The third-order valence-electron chi connectivity index (χ3n) is 3.79. The summed E-state index contributed by atoms with van der Waals surface area (Å²) in [7, 11) is 0. The molecule has 1 unspecified atom stereocenters. The van der Waals surface area contributed by atoms with Gasteiger partial charge in [0.25, 0.3) is 0 Å². The second kappa shape index (κ2) is 5.58. The summed E-state index contributed by atoms with van der Waals surface area (Å²) in [6, 6.07) is 14.7. The Morgan fingerprint density at radius 3 is 2.71 bits per heavy atom. The van der Waals surface area contributed by atoms with E-state index >= 15 is 0 Å². The van der Waals surface area contributed by atoms with E-state index in [-0.39, 0.29) is 11.0 Å². The van der Waals surface area contributed by atoms with Crippen LogP contribution in [0.15, 0.2) is 47.4 Å². The highest BCUT2D eigenvalue weighted by atomic mass is 35.5. The lowest BCUT2D eigenvalue weighted by atomic mass is 9.97. The average molecular weight is 319 g/mol. The largest absolute Gasteiger partial charge is 0.487 e. The summed E-state index contributed by atoms with van der Waals surface area (Å²) >= 11 is 8.47. The number of rotatable bonds is 3. The molecule has 0 bridgehead atoms. The van der Waals surface area contributed by atoms with Gasteiger partial charge in [-0.15, -0.1) is 23.4 Å². The molecule has 0 saturated heterocycles. The summed E-state index contributed by atoms with van der Waals surface area (Å²) in [6.07, 6.45) is 3.02. The summed E-state index contributed by atoms with van der Waals surface area (Å²) in [4.78, 5) is 1.23. The van der Waals surface area contributed by atoms with Gasteiger partial charge in [-0.05, 0) is 48.9 Å².